The van der Waals surface area contributed by atoms with Gasteiger partial charge < -0.3 is 35.7 Å². The average Bonchev–Trinajstić information content (AvgIpc) is 3.50. The number of nitrogens with zero attached hydrogens (tertiary/aromatic N) is 3. The van der Waals surface area contributed by atoms with Crippen LogP contribution in [0.4, 0.5) is 4.39 Å². The van der Waals surface area contributed by atoms with Crippen molar-refractivity contribution >= 4 is 44.7 Å². The zero-order chi connectivity index (χ0) is 29.1. The predicted molar refractivity (Wildman–Crippen MR) is 156 cm³/mol. The summed E-state index contributed by atoms with van der Waals surface area (Å²) in [4.78, 5) is 37.5. The number of hydrogen-bond acceptors (Lipinski definition) is 8. The van der Waals surface area contributed by atoms with E-state index in [1.54, 1.807) is 6.07 Å². The highest BCUT2D eigenvalue weighted by Crippen LogP contribution is 2.32. The summed E-state index contributed by atoms with van der Waals surface area (Å²) in [6.07, 6.45) is 4.39. The van der Waals surface area contributed by atoms with Crippen LogP contribution < -0.4 is 15.8 Å². The van der Waals surface area contributed by atoms with Gasteiger partial charge in [0, 0.05) is 30.4 Å². The van der Waals surface area contributed by atoms with Crippen LogP contribution in [-0.4, -0.2) is 82.5 Å². The molecule has 10 nitrogen and oxygen atoms in total. The minimum Gasteiger partial charge on any atom is -0.490 e. The summed E-state index contributed by atoms with van der Waals surface area (Å²) in [5.41, 5.74) is 9.06. The molecule has 5 N–H and O–H groups in total. The van der Waals surface area contributed by atoms with Crippen molar-refractivity contribution in [3.8, 4) is 5.75 Å². The number of carbonyl (C=O) groups excluding carboxylic acids is 2. The lowest BCUT2D eigenvalue weighted by Crippen LogP contribution is -2.43. The minimum absolute atomic E-state index is 0.0180. The molecule has 12 heteroatoms. The van der Waals surface area contributed by atoms with E-state index in [1.807, 2.05) is 11.0 Å². The van der Waals surface area contributed by atoms with Crippen molar-refractivity contribution in [3.05, 3.63) is 75.5 Å². The Morgan fingerprint density at radius 2 is 2.12 bits per heavy atom. The first kappa shape index (κ1) is 28.8. The molecule has 0 aliphatic carbocycles. The number of aromatic nitrogens is 2. The molecule has 1 unspecified atom stereocenters. The number of carbonyl (C=O) groups is 2. The molecule has 2 aliphatic rings. The number of aliphatic hydroxyl groups is 1. The molecule has 1 aromatic heterocycles. The molecule has 1 atom stereocenters. The monoisotopic (exact) mass is 626 g/mol. The molecule has 216 valence electrons. The summed E-state index contributed by atoms with van der Waals surface area (Å²) >= 11 is 3.23. The summed E-state index contributed by atoms with van der Waals surface area (Å²) in [6.45, 7) is 2.46. The number of H-pyrrole nitrogens is 1. The van der Waals surface area contributed by atoms with Crippen LogP contribution in [0.5, 0.6) is 5.75 Å². The second kappa shape index (κ2) is 12.4. The highest BCUT2D eigenvalue weighted by Gasteiger charge is 2.34. The summed E-state index contributed by atoms with van der Waals surface area (Å²) in [5.74, 6) is 0.302. The Kier molecular flexibility index (Phi) is 8.71. The van der Waals surface area contributed by atoms with Gasteiger partial charge in [0.2, 0.25) is 0 Å². The molecule has 2 aliphatic heterocycles. The Bertz CT molecular complexity index is 1510. The lowest BCUT2D eigenvalue weighted by molar-refractivity contribution is -0.103. The molecular formula is C29H32BrFN6O4. The van der Waals surface area contributed by atoms with Gasteiger partial charge in [-0.25, -0.2) is 9.37 Å². The van der Waals surface area contributed by atoms with Gasteiger partial charge in [-0.1, -0.05) is 0 Å². The maximum absolute atomic E-state index is 13.3. The van der Waals surface area contributed by atoms with Crippen molar-refractivity contribution in [3.63, 3.8) is 0 Å². The quantitative estimate of drug-likeness (QED) is 0.153. The van der Waals surface area contributed by atoms with E-state index >= 15 is 0 Å². The molecule has 0 spiro atoms. The molecule has 0 bridgehead atoms. The first-order valence-corrected chi connectivity index (χ1v) is 14.2. The number of allylic oxidation sites excluding steroid dienone is 2. The molecule has 1 saturated heterocycles. The first-order chi connectivity index (χ1) is 19.8. The van der Waals surface area contributed by atoms with Gasteiger partial charge in [-0.15, -0.1) is 0 Å². The van der Waals surface area contributed by atoms with Gasteiger partial charge in [0.1, 0.15) is 30.1 Å². The van der Waals surface area contributed by atoms with Crippen LogP contribution in [0.3, 0.4) is 0 Å². The second-order valence-corrected chi connectivity index (χ2v) is 11.2. The van der Waals surface area contributed by atoms with Crippen LogP contribution >= 0.6 is 15.9 Å². The normalized spacial score (nSPS) is 17.7. The Hall–Kier alpha value is -3.74. The van der Waals surface area contributed by atoms with Gasteiger partial charge in [-0.2, -0.15) is 0 Å². The zero-order valence-electron chi connectivity index (χ0n) is 22.6. The number of ether oxygens (including phenoxy) is 1. The number of nitrogens with one attached hydrogen (secondary N) is 2. The molecule has 5 rings (SSSR count). The van der Waals surface area contributed by atoms with Crippen LogP contribution in [0.25, 0.3) is 16.6 Å². The number of nitrogens with two attached hydrogens (primary N) is 1. The molecule has 1 amide bonds. The zero-order valence-corrected chi connectivity index (χ0v) is 24.2. The fraction of sp³-hybridized carbons (Fsp3) is 0.345. The maximum atomic E-state index is 13.3. The van der Waals surface area contributed by atoms with Crippen LogP contribution in [-0.2, 0) is 11.3 Å². The van der Waals surface area contributed by atoms with Crippen molar-refractivity contribution in [2.45, 2.75) is 31.5 Å². The van der Waals surface area contributed by atoms with Crippen LogP contribution in [0.2, 0.25) is 0 Å². The summed E-state index contributed by atoms with van der Waals surface area (Å²) in [6, 6.07) is 7.93. The van der Waals surface area contributed by atoms with E-state index in [9.17, 15) is 19.1 Å². The van der Waals surface area contributed by atoms with Crippen LogP contribution in [0.15, 0.2) is 52.8 Å². The Balaban J connectivity index is 1.30. The molecule has 0 saturated carbocycles. The fourth-order valence-corrected chi connectivity index (χ4v) is 5.69. The summed E-state index contributed by atoms with van der Waals surface area (Å²) < 4.78 is 19.3. The lowest BCUT2D eigenvalue weighted by atomic mass is 10.0. The number of halogens is 2. The number of aliphatic hydroxyl groups excluding tert-OH is 1. The van der Waals surface area contributed by atoms with Crippen molar-refractivity contribution < 1.29 is 23.8 Å². The fourth-order valence-electron chi connectivity index (χ4n) is 5.22. The topological polar surface area (TPSA) is 137 Å². The standard InChI is InChI=1S/C29H32BrFN6O4/c1-36-8-5-19(6-9-36)37-14-17-10-25-26(12-21(17)29(37)40)35-28(34-25)22(15-38)24(4-7-32)33-13-20(39)16-41-27-3-2-18(31)11-23(27)30/h2-4,7,10-12,15,19-20,33,39H,5-6,8-9,13-14,16,32H2,1H3,(H,34,35)/b7-4-,24-22-. The number of piperidine rings is 1. The number of benzene rings is 2. The van der Waals surface area contributed by atoms with E-state index in [0.29, 0.717) is 51.2 Å². The Labute approximate surface area is 245 Å². The van der Waals surface area contributed by atoms with E-state index in [0.717, 1.165) is 31.5 Å². The second-order valence-electron chi connectivity index (χ2n) is 10.3. The van der Waals surface area contributed by atoms with Gasteiger partial charge in [0.25, 0.3) is 5.91 Å². The SMILES string of the molecule is CN1CCC(N2Cc3cc4[nH]c(/C(C=O)=C(/C=C\N)NCC(O)COc5ccc(F)cc5Br)nc4cc3C2=O)CC1. The maximum Gasteiger partial charge on any atom is 0.254 e. The van der Waals surface area contributed by atoms with Crippen molar-refractivity contribution in [1.82, 2.24) is 25.1 Å². The third-order valence-corrected chi connectivity index (χ3v) is 8.07. The van der Waals surface area contributed by atoms with Crippen LogP contribution in [0, 0.1) is 5.82 Å². The number of amides is 1. The third kappa shape index (κ3) is 6.29. The molecule has 41 heavy (non-hydrogen) atoms. The lowest BCUT2D eigenvalue weighted by Gasteiger charge is -2.34. The molecule has 2 aromatic carbocycles. The van der Waals surface area contributed by atoms with E-state index in [-0.39, 0.29) is 30.7 Å². The number of likely N-dealkylation sites (tertiary alicyclic amines) is 1. The predicted octanol–water partition coefficient (Wildman–Crippen LogP) is 2.93. The van der Waals surface area contributed by atoms with Gasteiger partial charge in [0.15, 0.2) is 6.29 Å². The number of aromatic amines is 1. The van der Waals surface area contributed by atoms with E-state index in [4.69, 9.17) is 10.5 Å². The molecule has 1 fully saturated rings. The molecular weight excluding hydrogens is 595 g/mol. The molecule has 3 heterocycles. The van der Waals surface area contributed by atoms with Crippen molar-refractivity contribution in [2.75, 3.05) is 33.3 Å². The smallest absolute Gasteiger partial charge is 0.254 e. The highest BCUT2D eigenvalue weighted by molar-refractivity contribution is 9.10. The number of fused-ring (bicyclic) bond motifs is 2. The van der Waals surface area contributed by atoms with Gasteiger partial charge in [-0.05, 0) is 97.1 Å². The van der Waals surface area contributed by atoms with E-state index in [1.165, 1.54) is 30.5 Å². The number of aldehydes is 1. The largest absolute Gasteiger partial charge is 0.490 e. The Morgan fingerprint density at radius 3 is 2.83 bits per heavy atom. The number of imidazole rings is 1. The van der Waals surface area contributed by atoms with Gasteiger partial charge >= 0.3 is 0 Å². The minimum atomic E-state index is -0.960. The summed E-state index contributed by atoms with van der Waals surface area (Å²) in [7, 11) is 2.10. The van der Waals surface area contributed by atoms with E-state index in [2.05, 4.69) is 43.2 Å². The van der Waals surface area contributed by atoms with Gasteiger partial charge in [0.05, 0.1) is 21.1 Å². The van der Waals surface area contributed by atoms with Crippen molar-refractivity contribution in [1.29, 1.82) is 0 Å². The Morgan fingerprint density at radius 1 is 1.34 bits per heavy atom. The molecule has 3 aromatic rings. The van der Waals surface area contributed by atoms with Crippen LogP contribution in [0.1, 0.15) is 34.6 Å². The van der Waals surface area contributed by atoms with E-state index < -0.39 is 11.9 Å². The third-order valence-electron chi connectivity index (χ3n) is 7.45. The highest BCUT2D eigenvalue weighted by atomic mass is 79.9. The molecule has 0 radical (unpaired) electrons. The summed E-state index contributed by atoms with van der Waals surface area (Å²) in [5, 5.41) is 13.5. The first-order valence-electron chi connectivity index (χ1n) is 13.4. The van der Waals surface area contributed by atoms with Crippen molar-refractivity contribution in [2.24, 2.45) is 5.73 Å². The number of rotatable bonds is 10. The number of hydrogen-bond donors (Lipinski definition) is 4. The average molecular weight is 628 g/mol. The van der Waals surface area contributed by atoms with Gasteiger partial charge in [-0.3, -0.25) is 9.59 Å².